The fraction of sp³-hybridized carbons (Fsp3) is 0.333. The van der Waals surface area contributed by atoms with Crippen molar-refractivity contribution >= 4 is 23.6 Å². The maximum absolute atomic E-state index is 12.9. The lowest BCUT2D eigenvalue weighted by molar-refractivity contribution is -0.128. The van der Waals surface area contributed by atoms with Gasteiger partial charge in [-0.15, -0.1) is 11.8 Å². The fourth-order valence-electron chi connectivity index (χ4n) is 4.30. The Balaban J connectivity index is 1.38. The predicted molar refractivity (Wildman–Crippen MR) is 145 cm³/mol. The van der Waals surface area contributed by atoms with E-state index in [1.54, 1.807) is 11.8 Å². The first kappa shape index (κ1) is 25.1. The largest absolute Gasteiger partial charge is 0.346 e. The molecule has 1 aliphatic rings. The molecule has 0 spiro atoms. The number of nitrogens with zero attached hydrogens (tertiary/aromatic N) is 1. The van der Waals surface area contributed by atoms with Crippen LogP contribution in [0.3, 0.4) is 0 Å². The molecule has 0 aromatic heterocycles. The molecule has 35 heavy (non-hydrogen) atoms. The van der Waals surface area contributed by atoms with Crippen LogP contribution in [0, 0.1) is 0 Å². The lowest BCUT2D eigenvalue weighted by Gasteiger charge is -2.24. The second kappa shape index (κ2) is 10.7. The van der Waals surface area contributed by atoms with Crippen LogP contribution in [0.15, 0.2) is 78.9 Å². The van der Waals surface area contributed by atoms with E-state index >= 15 is 0 Å². The van der Waals surface area contributed by atoms with Gasteiger partial charge in [0.05, 0.1) is 11.8 Å². The second-order valence-corrected chi connectivity index (χ2v) is 11.2. The average molecular weight is 487 g/mol. The van der Waals surface area contributed by atoms with Gasteiger partial charge in [-0.25, -0.2) is 0 Å². The van der Waals surface area contributed by atoms with Gasteiger partial charge in [-0.2, -0.15) is 0 Å². The molecule has 1 N–H and O–H groups in total. The van der Waals surface area contributed by atoms with E-state index in [1.807, 2.05) is 54.3 Å². The summed E-state index contributed by atoms with van der Waals surface area (Å²) < 4.78 is 0. The average Bonchev–Trinajstić information content (AvgIpc) is 3.23. The molecule has 2 atom stereocenters. The summed E-state index contributed by atoms with van der Waals surface area (Å²) in [6.07, 6.45) is 0.832. The van der Waals surface area contributed by atoms with Crippen molar-refractivity contribution in [3.63, 3.8) is 0 Å². The van der Waals surface area contributed by atoms with Crippen LogP contribution in [-0.2, 0) is 16.6 Å². The Labute approximate surface area is 213 Å². The van der Waals surface area contributed by atoms with Crippen molar-refractivity contribution in [3.8, 4) is 0 Å². The molecule has 2 amide bonds. The van der Waals surface area contributed by atoms with Crippen LogP contribution in [0.2, 0.25) is 0 Å². The topological polar surface area (TPSA) is 49.4 Å². The number of thioether (sulfide) groups is 1. The zero-order valence-corrected chi connectivity index (χ0v) is 21.8. The van der Waals surface area contributed by atoms with Gasteiger partial charge in [0.2, 0.25) is 5.91 Å². The highest BCUT2D eigenvalue weighted by atomic mass is 32.2. The molecule has 4 nitrogen and oxygen atoms in total. The molecule has 3 aromatic rings. The summed E-state index contributed by atoms with van der Waals surface area (Å²) in [5.74, 6) is 0.566. The lowest BCUT2D eigenvalue weighted by Crippen LogP contribution is -2.30. The summed E-state index contributed by atoms with van der Waals surface area (Å²) in [6.45, 7) is 9.27. The lowest BCUT2D eigenvalue weighted by atomic mass is 9.86. The van der Waals surface area contributed by atoms with Crippen molar-refractivity contribution in [1.29, 1.82) is 0 Å². The van der Waals surface area contributed by atoms with Gasteiger partial charge in [0.25, 0.3) is 5.91 Å². The number of carbonyl (C=O) groups excluding carboxylic acids is 2. The normalized spacial score (nSPS) is 16.9. The predicted octanol–water partition coefficient (Wildman–Crippen LogP) is 6.29. The molecule has 1 heterocycles. The maximum atomic E-state index is 12.9. The summed E-state index contributed by atoms with van der Waals surface area (Å²) in [5.41, 5.74) is 5.36. The van der Waals surface area contributed by atoms with Crippen LogP contribution in [0.1, 0.15) is 71.7 Å². The highest BCUT2D eigenvalue weighted by molar-refractivity contribution is 8.00. The smallest absolute Gasteiger partial charge is 0.251 e. The molecule has 1 saturated heterocycles. The van der Waals surface area contributed by atoms with Gasteiger partial charge in [0, 0.05) is 12.1 Å². The first-order chi connectivity index (χ1) is 16.7. The van der Waals surface area contributed by atoms with Gasteiger partial charge >= 0.3 is 0 Å². The number of hydrogen-bond acceptors (Lipinski definition) is 3. The van der Waals surface area contributed by atoms with E-state index in [1.165, 1.54) is 11.1 Å². The first-order valence-corrected chi connectivity index (χ1v) is 13.2. The summed E-state index contributed by atoms with van der Waals surface area (Å²) in [6, 6.07) is 26.3. The van der Waals surface area contributed by atoms with Crippen LogP contribution >= 0.6 is 11.8 Å². The zero-order valence-electron chi connectivity index (χ0n) is 21.0. The third kappa shape index (κ3) is 6.15. The molecule has 4 rings (SSSR count). The van der Waals surface area contributed by atoms with Crippen molar-refractivity contribution < 1.29 is 9.59 Å². The quantitative estimate of drug-likeness (QED) is 0.427. The van der Waals surface area contributed by atoms with Crippen molar-refractivity contribution in [2.75, 3.05) is 12.3 Å². The Hall–Kier alpha value is -3.05. The minimum atomic E-state index is -0.0972. The standard InChI is InChI=1S/C30H34N2O2S/c1-21(23-14-16-26(17-15-23)30(2,3)4)31-28(34)24-10-12-25(13-11-24)29-32(27(33)20-35-29)19-18-22-8-6-5-7-9-22/h5-17,21,29H,18-20H2,1-4H3,(H,31,34)/t21-,29+/m0/s1. The van der Waals surface area contributed by atoms with Crippen molar-refractivity contribution in [3.05, 3.63) is 107 Å². The van der Waals surface area contributed by atoms with Crippen LogP contribution in [0.25, 0.3) is 0 Å². The van der Waals surface area contributed by atoms with Gasteiger partial charge in [-0.3, -0.25) is 9.59 Å². The van der Waals surface area contributed by atoms with E-state index < -0.39 is 0 Å². The highest BCUT2D eigenvalue weighted by Gasteiger charge is 2.32. The molecule has 0 aliphatic carbocycles. The maximum Gasteiger partial charge on any atom is 0.251 e. The van der Waals surface area contributed by atoms with Gasteiger partial charge < -0.3 is 10.2 Å². The Morgan fingerprint density at radius 2 is 1.66 bits per heavy atom. The number of hydrogen-bond donors (Lipinski definition) is 1. The minimum Gasteiger partial charge on any atom is -0.346 e. The van der Waals surface area contributed by atoms with Crippen molar-refractivity contribution in [2.24, 2.45) is 0 Å². The zero-order chi connectivity index (χ0) is 25.0. The van der Waals surface area contributed by atoms with Gasteiger partial charge in [-0.1, -0.05) is 87.5 Å². The third-order valence-electron chi connectivity index (χ3n) is 6.53. The van der Waals surface area contributed by atoms with E-state index in [0.717, 1.165) is 17.5 Å². The highest BCUT2D eigenvalue weighted by Crippen LogP contribution is 2.38. The molecule has 182 valence electrons. The third-order valence-corrected chi connectivity index (χ3v) is 7.79. The van der Waals surface area contributed by atoms with Gasteiger partial charge in [0.15, 0.2) is 0 Å². The Morgan fingerprint density at radius 1 is 1.00 bits per heavy atom. The number of carbonyl (C=O) groups is 2. The first-order valence-electron chi connectivity index (χ1n) is 12.2. The molecule has 1 fully saturated rings. The molecular weight excluding hydrogens is 452 g/mol. The molecule has 0 radical (unpaired) electrons. The van der Waals surface area contributed by atoms with Crippen LogP contribution < -0.4 is 5.32 Å². The Morgan fingerprint density at radius 3 is 2.29 bits per heavy atom. The van der Waals surface area contributed by atoms with E-state index in [-0.39, 0.29) is 28.6 Å². The molecule has 1 aliphatic heterocycles. The van der Waals surface area contributed by atoms with E-state index in [2.05, 4.69) is 62.5 Å². The number of benzene rings is 3. The molecule has 5 heteroatoms. The van der Waals surface area contributed by atoms with E-state index in [0.29, 0.717) is 17.9 Å². The van der Waals surface area contributed by atoms with Crippen molar-refractivity contribution in [1.82, 2.24) is 10.2 Å². The SMILES string of the molecule is C[C@H](NC(=O)c1ccc([C@H]2SCC(=O)N2CCc2ccccc2)cc1)c1ccc(C(C)(C)C)cc1. The van der Waals surface area contributed by atoms with E-state index in [9.17, 15) is 9.59 Å². The van der Waals surface area contributed by atoms with E-state index in [4.69, 9.17) is 0 Å². The number of amides is 2. The van der Waals surface area contributed by atoms with Gasteiger partial charge in [0.1, 0.15) is 5.37 Å². The van der Waals surface area contributed by atoms with Crippen LogP contribution in [-0.4, -0.2) is 29.0 Å². The van der Waals surface area contributed by atoms with Crippen molar-refractivity contribution in [2.45, 2.75) is 50.9 Å². The van der Waals surface area contributed by atoms with Gasteiger partial charge in [-0.05, 0) is 53.1 Å². The second-order valence-electron chi connectivity index (χ2n) is 10.2. The Bertz CT molecular complexity index is 1150. The molecule has 0 saturated carbocycles. The summed E-state index contributed by atoms with van der Waals surface area (Å²) in [4.78, 5) is 27.4. The molecule has 0 unspecified atom stereocenters. The minimum absolute atomic E-state index is 0.0106. The Kier molecular flexibility index (Phi) is 7.66. The number of rotatable bonds is 7. The summed E-state index contributed by atoms with van der Waals surface area (Å²) in [7, 11) is 0. The summed E-state index contributed by atoms with van der Waals surface area (Å²) >= 11 is 1.65. The summed E-state index contributed by atoms with van der Waals surface area (Å²) in [5, 5.41) is 3.09. The monoisotopic (exact) mass is 486 g/mol. The number of nitrogens with one attached hydrogen (secondary N) is 1. The molecule has 0 bridgehead atoms. The van der Waals surface area contributed by atoms with Crippen LogP contribution in [0.5, 0.6) is 0 Å². The molecular formula is C30H34N2O2S. The van der Waals surface area contributed by atoms with Crippen LogP contribution in [0.4, 0.5) is 0 Å². The molecule has 3 aromatic carbocycles. The fourth-order valence-corrected chi connectivity index (χ4v) is 5.52.